The van der Waals surface area contributed by atoms with Crippen LogP contribution < -0.4 is 0 Å². The molecular formula is C105H106Ir6N6O2-6. The smallest absolute Gasteiger partial charge is 0.155 e. The molecule has 6 aromatic heterocycles. The van der Waals surface area contributed by atoms with Crippen molar-refractivity contribution in [3.63, 3.8) is 0 Å². The van der Waals surface area contributed by atoms with Gasteiger partial charge < -0.3 is 35.0 Å². The molecule has 0 spiro atoms. The molecule has 15 aromatic rings. The van der Waals surface area contributed by atoms with Gasteiger partial charge in [0, 0.05) is 164 Å². The van der Waals surface area contributed by atoms with Crippen molar-refractivity contribution in [1.29, 1.82) is 0 Å². The summed E-state index contributed by atoms with van der Waals surface area (Å²) in [5.74, 6) is -0.0625. The standard InChI is InChI=1S/C23H26N.C19H18N.C17H20N.C15H10N.C15H16N.C11H8N.C5H8O2.6Ir/c1-2-3-4-5-6-7-10-19-13-15-21(16-14-19)23-22-12-9-8-11-20(22)17-18-24-23;1-19(2,3)16-10-8-15(9-11-16)18-17-7-5-4-6-14(17)12-13-20-18;1-2-3-4-6-9-15-12-13-17(18-14-15)16-10-7-5-8-11-16;1-2-7-13(8-3-1)15-14-9-5-4-6-12(14)10-11-16-15;1-15(2,3)13-9-10-14(16-11-13)12-7-5-4-6-8-12;1-2-6-10(7-3-1)11-8-4-5-9-12-11;1-4(6)3-5(2)7;;;;;;/h8-9,11-15,17-18H,2-7,10H2,1H3;4-8,10-13H,1-3H3;5,7-8,10,12-14H,2-4,6,9H2,1H3;1-7,9-11H;4-7,9-11H,1-3H3;1-6,8-9H;3,6H,1-2H3;;;;;;/q6*-1;;;;;;;. The second-order valence-electron chi connectivity index (χ2n) is 29.8. The third-order valence-corrected chi connectivity index (χ3v) is 18.7. The monoisotopic (exact) mass is 2640 g/mol. The third kappa shape index (κ3) is 35.8. The van der Waals surface area contributed by atoms with E-state index in [1.807, 2.05) is 171 Å². The summed E-state index contributed by atoms with van der Waals surface area (Å²) in [6, 6.07) is 110. The van der Waals surface area contributed by atoms with Gasteiger partial charge in [-0.05, 0) is 139 Å². The van der Waals surface area contributed by atoms with Gasteiger partial charge in [0.2, 0.25) is 0 Å². The minimum Gasteiger partial charge on any atom is -0.512 e. The maximum Gasteiger partial charge on any atom is 0.155 e. The number of carbonyl (C=O) groups is 1. The Bertz CT molecular complexity index is 5230. The number of unbranched alkanes of at least 4 members (excludes halogenated alkanes) is 8. The molecule has 0 saturated carbocycles. The Balaban J connectivity index is 0.000000363. The minimum absolute atomic E-state index is 0. The van der Waals surface area contributed by atoms with E-state index in [1.54, 1.807) is 6.20 Å². The zero-order valence-electron chi connectivity index (χ0n) is 69.5. The first-order valence-electron chi connectivity index (χ1n) is 39.6. The van der Waals surface area contributed by atoms with E-state index in [1.165, 1.54) is 139 Å². The van der Waals surface area contributed by atoms with E-state index in [0.717, 1.165) is 80.4 Å². The molecular weight excluding hydrogens is 2530 g/mol. The molecule has 119 heavy (non-hydrogen) atoms. The molecule has 14 heteroatoms. The Morgan fingerprint density at radius 2 is 0.689 bits per heavy atom. The zero-order valence-corrected chi connectivity index (χ0v) is 83.8. The van der Waals surface area contributed by atoms with Crippen LogP contribution in [0.15, 0.2) is 316 Å². The van der Waals surface area contributed by atoms with Crippen LogP contribution in [0.2, 0.25) is 0 Å². The minimum atomic E-state index is -0.125. The molecule has 0 amide bonds. The quantitative estimate of drug-likeness (QED) is 0.0368. The van der Waals surface area contributed by atoms with Crippen molar-refractivity contribution in [1.82, 2.24) is 29.9 Å². The van der Waals surface area contributed by atoms with Gasteiger partial charge in [0.15, 0.2) is 5.78 Å². The SMILES string of the molecule is CC(=O)C=C(C)O.CC(C)(C)c1c[c-]c(-c2nccc3ccccc23)cc1.CC(C)(C)c1ccc(-c2[c-]cccc2)nc1.CCCCCCCCc1c[c-]c(-c2nccc3ccccc23)cc1.CCCCCCc1ccc(-c2[c-]cccc2)nc1.[Ir].[Ir].[Ir].[Ir].[Ir].[Ir].[c-]1ccccc1-c1ccccn1.[c-]1ccccc1-c1nccc2ccccc12. The summed E-state index contributed by atoms with van der Waals surface area (Å²) in [5.41, 5.74) is 17.9. The molecule has 0 aliphatic carbocycles. The van der Waals surface area contributed by atoms with Crippen LogP contribution in [0.25, 0.3) is 99.9 Å². The van der Waals surface area contributed by atoms with Gasteiger partial charge in [-0.15, -0.1) is 214 Å². The number of ketones is 1. The number of aryl methyl sites for hydroxylation is 2. The van der Waals surface area contributed by atoms with Crippen molar-refractivity contribution in [3.8, 4) is 67.5 Å². The van der Waals surface area contributed by atoms with E-state index in [2.05, 4.69) is 249 Å². The Morgan fingerprint density at radius 3 is 1.04 bits per heavy atom. The average molecular weight is 2640 g/mol. The number of aliphatic hydroxyl groups is 1. The van der Waals surface area contributed by atoms with Gasteiger partial charge in [-0.1, -0.05) is 229 Å². The van der Waals surface area contributed by atoms with Gasteiger partial charge in [-0.3, -0.25) is 4.79 Å². The summed E-state index contributed by atoms with van der Waals surface area (Å²) < 4.78 is 0. The summed E-state index contributed by atoms with van der Waals surface area (Å²) in [6.45, 7) is 20.6. The van der Waals surface area contributed by atoms with Crippen LogP contribution in [-0.2, 0) is 149 Å². The van der Waals surface area contributed by atoms with Crippen molar-refractivity contribution < 1.29 is 131 Å². The predicted octanol–water partition coefficient (Wildman–Crippen LogP) is 27.4. The largest absolute Gasteiger partial charge is 0.512 e. The van der Waals surface area contributed by atoms with Gasteiger partial charge in [-0.2, -0.15) is 0 Å². The van der Waals surface area contributed by atoms with Crippen molar-refractivity contribution in [2.75, 3.05) is 0 Å². The van der Waals surface area contributed by atoms with Crippen LogP contribution in [0.5, 0.6) is 0 Å². The number of rotatable bonds is 19. The van der Waals surface area contributed by atoms with E-state index in [0.29, 0.717) is 0 Å². The van der Waals surface area contributed by atoms with Crippen molar-refractivity contribution in [3.05, 3.63) is 375 Å². The number of hydrogen-bond donors (Lipinski definition) is 1. The van der Waals surface area contributed by atoms with Crippen LogP contribution in [0.3, 0.4) is 0 Å². The number of carbonyl (C=O) groups excluding carboxylic acids is 1. The molecule has 15 rings (SSSR count). The number of benzene rings is 9. The fourth-order valence-electron chi connectivity index (χ4n) is 12.4. The molecule has 0 atom stereocenters. The fourth-order valence-corrected chi connectivity index (χ4v) is 12.4. The van der Waals surface area contributed by atoms with Crippen molar-refractivity contribution >= 4 is 38.1 Å². The molecule has 1 N–H and O–H groups in total. The normalized spacial score (nSPS) is 10.4. The van der Waals surface area contributed by atoms with Crippen molar-refractivity contribution in [2.24, 2.45) is 0 Å². The molecule has 0 fully saturated rings. The molecule has 0 aliphatic heterocycles. The molecule has 0 bridgehead atoms. The summed E-state index contributed by atoms with van der Waals surface area (Å²) in [5, 5.41) is 15.6. The Labute approximate surface area is 789 Å². The topological polar surface area (TPSA) is 115 Å². The third-order valence-electron chi connectivity index (χ3n) is 18.7. The van der Waals surface area contributed by atoms with Gasteiger partial charge in [0.25, 0.3) is 0 Å². The van der Waals surface area contributed by atoms with Crippen LogP contribution >= 0.6 is 0 Å². The second-order valence-corrected chi connectivity index (χ2v) is 29.8. The number of aromatic nitrogens is 6. The summed E-state index contributed by atoms with van der Waals surface area (Å²) in [4.78, 5) is 36.8. The number of pyridine rings is 6. The van der Waals surface area contributed by atoms with Gasteiger partial charge >= 0.3 is 0 Å². The van der Waals surface area contributed by atoms with Crippen molar-refractivity contribution in [2.45, 2.75) is 157 Å². The summed E-state index contributed by atoms with van der Waals surface area (Å²) in [7, 11) is 0. The van der Waals surface area contributed by atoms with Crippen LogP contribution in [0.1, 0.15) is 156 Å². The number of nitrogens with zero attached hydrogens (tertiary/aromatic N) is 6. The molecule has 0 unspecified atom stereocenters. The first-order valence-corrected chi connectivity index (χ1v) is 39.6. The first kappa shape index (κ1) is 105. The second kappa shape index (κ2) is 57.1. The maximum atomic E-state index is 10.0. The Kier molecular flexibility index (Phi) is 50.4. The van der Waals surface area contributed by atoms with E-state index in [-0.39, 0.29) is 143 Å². The molecule has 6 heterocycles. The van der Waals surface area contributed by atoms with E-state index in [4.69, 9.17) is 5.11 Å². The van der Waals surface area contributed by atoms with Crippen LogP contribution in [0, 0.1) is 36.4 Å². The zero-order chi connectivity index (χ0) is 79.9. The number of fused-ring (bicyclic) bond motifs is 3. The molecule has 6 radical (unpaired) electrons. The van der Waals surface area contributed by atoms with Gasteiger partial charge in [-0.25, -0.2) is 0 Å². The number of aliphatic hydroxyl groups excluding tert-OH is 1. The molecule has 8 nitrogen and oxygen atoms in total. The van der Waals surface area contributed by atoms with Crippen LogP contribution in [-0.4, -0.2) is 40.8 Å². The molecule has 0 saturated heterocycles. The van der Waals surface area contributed by atoms with Gasteiger partial charge in [0.05, 0.1) is 5.76 Å². The first-order chi connectivity index (χ1) is 54.9. The maximum absolute atomic E-state index is 10.0. The fraction of sp³-hybridized carbons (Fsp3) is 0.229. The van der Waals surface area contributed by atoms with E-state index < -0.39 is 0 Å². The molecule has 9 aromatic carbocycles. The van der Waals surface area contributed by atoms with Gasteiger partial charge in [0.1, 0.15) is 0 Å². The average Bonchev–Trinajstić information content (AvgIpc) is 0.808. The Hall–Kier alpha value is -8.23. The molecule has 628 valence electrons. The van der Waals surface area contributed by atoms with E-state index >= 15 is 0 Å². The predicted molar refractivity (Wildman–Crippen MR) is 473 cm³/mol. The molecule has 0 aliphatic rings. The van der Waals surface area contributed by atoms with Crippen LogP contribution in [0.4, 0.5) is 0 Å². The number of hydrogen-bond acceptors (Lipinski definition) is 8. The Morgan fingerprint density at radius 1 is 0.328 bits per heavy atom. The van der Waals surface area contributed by atoms with E-state index in [9.17, 15) is 4.79 Å². The number of allylic oxidation sites excluding steroid dienone is 2. The summed E-state index contributed by atoms with van der Waals surface area (Å²) >= 11 is 0. The summed E-state index contributed by atoms with van der Waals surface area (Å²) in [6.07, 6.45) is 28.1.